The van der Waals surface area contributed by atoms with E-state index in [1.807, 2.05) is 6.07 Å². The highest BCUT2D eigenvalue weighted by molar-refractivity contribution is 7.97. The molecule has 0 radical (unpaired) electrons. The Balaban J connectivity index is 2.36. The summed E-state index contributed by atoms with van der Waals surface area (Å²) in [5.41, 5.74) is 2.31. The Hall–Kier alpha value is -1.82. The summed E-state index contributed by atoms with van der Waals surface area (Å²) < 4.78 is 34.9. The number of rotatable bonds is 5. The second-order valence-corrected chi connectivity index (χ2v) is 6.59. The summed E-state index contributed by atoms with van der Waals surface area (Å²) in [5, 5.41) is 10.0. The van der Waals surface area contributed by atoms with E-state index in [9.17, 15) is 8.42 Å². The van der Waals surface area contributed by atoms with E-state index in [-0.39, 0.29) is 0 Å². The molecular weight excluding hydrogens is 306 g/mol. The van der Waals surface area contributed by atoms with E-state index < -0.39 is 10.0 Å². The molecule has 1 saturated heterocycles. The van der Waals surface area contributed by atoms with E-state index in [0.29, 0.717) is 25.5 Å². The van der Waals surface area contributed by atoms with E-state index in [4.69, 9.17) is 14.7 Å². The molecule has 2 rings (SSSR count). The molecule has 1 aromatic rings. The third-order valence-electron chi connectivity index (χ3n) is 3.55. The third kappa shape index (κ3) is 3.50. The number of nitriles is 1. The molecule has 0 N–H and O–H groups in total. The normalized spacial score (nSPS) is 15.4. The zero-order chi connectivity index (χ0) is 16.2. The molecule has 1 fully saturated rings. The lowest BCUT2D eigenvalue weighted by Crippen LogP contribution is -2.37. The number of anilines is 2. The summed E-state index contributed by atoms with van der Waals surface area (Å²) in [5.74, 6) is 0. The molecule has 120 valence electrons. The molecule has 1 heterocycles. The van der Waals surface area contributed by atoms with Crippen LogP contribution in [-0.2, 0) is 26.1 Å². The number of morpholine rings is 1. The molecule has 8 heteroatoms. The Bertz CT molecular complexity index is 663. The molecule has 1 aromatic carbocycles. The maximum absolute atomic E-state index is 11.7. The highest BCUT2D eigenvalue weighted by Gasteiger charge is 2.20. The van der Waals surface area contributed by atoms with Crippen LogP contribution in [0.15, 0.2) is 18.2 Å². The summed E-state index contributed by atoms with van der Waals surface area (Å²) in [6.45, 7) is 3.25. The minimum atomic E-state index is -3.96. The van der Waals surface area contributed by atoms with Crippen LogP contribution in [0.5, 0.6) is 0 Å². The quantitative estimate of drug-likeness (QED) is 0.591. The summed E-state index contributed by atoms with van der Waals surface area (Å²) in [6, 6.07) is 5.29. The largest absolute Gasteiger partial charge is 0.380 e. The summed E-state index contributed by atoms with van der Waals surface area (Å²) in [7, 11) is -1.01. The van der Waals surface area contributed by atoms with Crippen molar-refractivity contribution >= 4 is 21.4 Å². The molecule has 0 saturated carbocycles. The Morgan fingerprint density at radius 2 is 2.09 bits per heavy atom. The first-order chi connectivity index (χ1) is 10.5. The van der Waals surface area contributed by atoms with E-state index in [0.717, 1.165) is 28.6 Å². The lowest BCUT2D eigenvalue weighted by Gasteiger charge is -2.31. The molecule has 0 unspecified atom stereocenters. The number of hydrogen-bond acceptors (Lipinski definition) is 6. The minimum Gasteiger partial charge on any atom is -0.380 e. The van der Waals surface area contributed by atoms with Crippen LogP contribution in [0.4, 0.5) is 11.4 Å². The molecule has 1 aliphatic heterocycles. The standard InChI is InChI=1S/C14H19N3O4S/c1-16(22(18,19)11-15)13-3-4-14(12(9-13)10-20-2)17-5-7-21-8-6-17/h3-4,9H,5-8,10H2,1-2H3. The molecule has 0 atom stereocenters. The van der Waals surface area contributed by atoms with Crippen LogP contribution in [0.3, 0.4) is 0 Å². The topological polar surface area (TPSA) is 82.9 Å². The second-order valence-electron chi connectivity index (χ2n) is 4.91. The SMILES string of the molecule is COCc1cc(N(C)S(=O)(=O)C#N)ccc1N1CCOCC1. The Kier molecular flexibility index (Phi) is 5.24. The number of thiocyanates is 1. The Labute approximate surface area is 130 Å². The highest BCUT2D eigenvalue weighted by atomic mass is 32.2. The van der Waals surface area contributed by atoms with Crippen LogP contribution in [0.25, 0.3) is 0 Å². The van der Waals surface area contributed by atoms with Gasteiger partial charge in [-0.1, -0.05) is 0 Å². The van der Waals surface area contributed by atoms with Gasteiger partial charge in [0.1, 0.15) is 0 Å². The molecule has 1 aliphatic rings. The summed E-state index contributed by atoms with van der Waals surface area (Å²) >= 11 is 0. The average molecular weight is 325 g/mol. The van der Waals surface area contributed by atoms with Gasteiger partial charge in [0, 0.05) is 38.5 Å². The fraction of sp³-hybridized carbons (Fsp3) is 0.500. The molecule has 0 amide bonds. The maximum Gasteiger partial charge on any atom is 0.329 e. The van der Waals surface area contributed by atoms with Crippen LogP contribution in [-0.4, -0.2) is 48.9 Å². The van der Waals surface area contributed by atoms with Crippen LogP contribution >= 0.6 is 0 Å². The first-order valence-corrected chi connectivity index (χ1v) is 8.28. The lowest BCUT2D eigenvalue weighted by molar-refractivity contribution is 0.122. The summed E-state index contributed by atoms with van der Waals surface area (Å²) in [4.78, 5) is 2.18. The number of methoxy groups -OCH3 is 1. The van der Waals surface area contributed by atoms with Gasteiger partial charge in [-0.2, -0.15) is 13.7 Å². The van der Waals surface area contributed by atoms with Gasteiger partial charge in [0.05, 0.1) is 25.5 Å². The van der Waals surface area contributed by atoms with Gasteiger partial charge in [-0.15, -0.1) is 0 Å². The van der Waals surface area contributed by atoms with Crippen molar-refractivity contribution in [2.75, 3.05) is 49.7 Å². The van der Waals surface area contributed by atoms with Gasteiger partial charge in [-0.3, -0.25) is 4.31 Å². The van der Waals surface area contributed by atoms with Crippen molar-refractivity contribution < 1.29 is 17.9 Å². The first-order valence-electron chi connectivity index (χ1n) is 6.84. The smallest absolute Gasteiger partial charge is 0.329 e. The van der Waals surface area contributed by atoms with Gasteiger partial charge < -0.3 is 14.4 Å². The molecule has 0 aliphatic carbocycles. The van der Waals surface area contributed by atoms with Crippen molar-refractivity contribution in [2.24, 2.45) is 0 Å². The van der Waals surface area contributed by atoms with Crippen LogP contribution in [0.1, 0.15) is 5.56 Å². The molecular formula is C14H19N3O4S. The molecule has 0 bridgehead atoms. The minimum absolute atomic E-state index is 0.362. The van der Waals surface area contributed by atoms with Crippen molar-refractivity contribution in [3.05, 3.63) is 23.8 Å². The molecule has 22 heavy (non-hydrogen) atoms. The van der Waals surface area contributed by atoms with Crippen molar-refractivity contribution in [2.45, 2.75) is 6.61 Å². The van der Waals surface area contributed by atoms with Crippen molar-refractivity contribution in [1.82, 2.24) is 0 Å². The fourth-order valence-electron chi connectivity index (χ4n) is 2.35. The zero-order valence-corrected chi connectivity index (χ0v) is 13.5. The van der Waals surface area contributed by atoms with E-state index in [1.54, 1.807) is 19.2 Å². The summed E-state index contributed by atoms with van der Waals surface area (Å²) in [6.07, 6.45) is 0. The zero-order valence-electron chi connectivity index (χ0n) is 12.7. The van der Waals surface area contributed by atoms with Crippen LogP contribution in [0.2, 0.25) is 0 Å². The van der Waals surface area contributed by atoms with Crippen LogP contribution in [0, 0.1) is 10.7 Å². The van der Waals surface area contributed by atoms with Gasteiger partial charge in [0.2, 0.25) is 5.40 Å². The van der Waals surface area contributed by atoms with Gasteiger partial charge in [0.25, 0.3) is 0 Å². The van der Waals surface area contributed by atoms with Gasteiger partial charge in [0.15, 0.2) is 0 Å². The average Bonchev–Trinajstić information content (AvgIpc) is 2.55. The first kappa shape index (κ1) is 16.5. The lowest BCUT2D eigenvalue weighted by atomic mass is 10.1. The monoisotopic (exact) mass is 325 g/mol. The third-order valence-corrected chi connectivity index (χ3v) is 4.72. The number of benzene rings is 1. The molecule has 0 spiro atoms. The van der Waals surface area contributed by atoms with E-state index in [1.165, 1.54) is 12.4 Å². The van der Waals surface area contributed by atoms with E-state index >= 15 is 0 Å². The van der Waals surface area contributed by atoms with Crippen LogP contribution < -0.4 is 9.21 Å². The Morgan fingerprint density at radius 3 is 2.68 bits per heavy atom. The maximum atomic E-state index is 11.7. The van der Waals surface area contributed by atoms with Crippen molar-refractivity contribution in [3.63, 3.8) is 0 Å². The van der Waals surface area contributed by atoms with Gasteiger partial charge >= 0.3 is 10.0 Å². The van der Waals surface area contributed by atoms with Crippen molar-refractivity contribution in [3.8, 4) is 5.40 Å². The fourth-order valence-corrected chi connectivity index (χ4v) is 2.87. The van der Waals surface area contributed by atoms with E-state index in [2.05, 4.69) is 4.90 Å². The van der Waals surface area contributed by atoms with Gasteiger partial charge in [-0.05, 0) is 18.2 Å². The number of hydrogen-bond donors (Lipinski definition) is 0. The highest BCUT2D eigenvalue weighted by Crippen LogP contribution is 2.28. The predicted molar refractivity (Wildman–Crippen MR) is 83.1 cm³/mol. The second kappa shape index (κ2) is 6.96. The Morgan fingerprint density at radius 1 is 1.41 bits per heavy atom. The number of ether oxygens (including phenoxy) is 2. The number of sulfonamides is 1. The van der Waals surface area contributed by atoms with Gasteiger partial charge in [-0.25, -0.2) is 0 Å². The molecule has 0 aromatic heterocycles. The van der Waals surface area contributed by atoms with Crippen molar-refractivity contribution in [1.29, 1.82) is 5.26 Å². The molecule has 7 nitrogen and oxygen atoms in total. The predicted octanol–water partition coefficient (Wildman–Crippen LogP) is 0.917. The number of nitrogens with zero attached hydrogens (tertiary/aromatic N) is 3.